The van der Waals surface area contributed by atoms with Gasteiger partial charge in [-0.15, -0.1) is 0 Å². The highest BCUT2D eigenvalue weighted by molar-refractivity contribution is 7.93. The average molecular weight is 466 g/mol. The molecular formula is C24H39NO4SSi. The number of nitrogens with zero attached hydrogens (tertiary/aromatic N) is 1. The topological polar surface area (TPSA) is 68.1 Å². The lowest BCUT2D eigenvalue weighted by molar-refractivity contribution is -0.236. The molecule has 1 aromatic rings. The van der Waals surface area contributed by atoms with E-state index in [1.807, 2.05) is 30.3 Å². The summed E-state index contributed by atoms with van der Waals surface area (Å²) < 4.78 is 30.3. The van der Waals surface area contributed by atoms with Gasteiger partial charge in [0, 0.05) is 32.0 Å². The maximum Gasteiger partial charge on any atom is 0.147 e. The maximum absolute atomic E-state index is 13.9. The molecule has 31 heavy (non-hydrogen) atoms. The van der Waals surface area contributed by atoms with Gasteiger partial charge in [-0.1, -0.05) is 56.9 Å². The summed E-state index contributed by atoms with van der Waals surface area (Å²) in [6.45, 7) is 14.2. The van der Waals surface area contributed by atoms with Crippen molar-refractivity contribution in [2.45, 2.75) is 68.5 Å². The minimum Gasteiger partial charge on any atom is -0.386 e. The average Bonchev–Trinajstić information content (AvgIpc) is 2.71. The van der Waals surface area contributed by atoms with Gasteiger partial charge in [-0.3, -0.25) is 0 Å². The SMILES string of the molecule is C=C1C[C@H]2CC[C@]1(C)[C@H](OCOCC[Si](C)(C)C)[C@@]2(O)C[S@@](=O)(=NC)c1ccccc1. The third-order valence-corrected chi connectivity index (χ3v) is 11.4. The Bertz CT molecular complexity index is 906. The lowest BCUT2D eigenvalue weighted by Gasteiger charge is -2.60. The van der Waals surface area contributed by atoms with Crippen LogP contribution in [0.1, 0.15) is 26.2 Å². The van der Waals surface area contributed by atoms with Crippen LogP contribution in [0.3, 0.4) is 0 Å². The van der Waals surface area contributed by atoms with Crippen LogP contribution in [0.2, 0.25) is 25.7 Å². The summed E-state index contributed by atoms with van der Waals surface area (Å²) in [7, 11) is -2.39. The molecule has 1 aromatic carbocycles. The normalized spacial score (nSPS) is 32.6. The number of benzene rings is 1. The zero-order valence-corrected chi connectivity index (χ0v) is 21.5. The molecule has 3 saturated carbocycles. The molecular weight excluding hydrogens is 426 g/mol. The van der Waals surface area contributed by atoms with Crippen molar-refractivity contribution < 1.29 is 18.8 Å². The number of hydrogen-bond acceptors (Lipinski definition) is 5. The van der Waals surface area contributed by atoms with Gasteiger partial charge in [0.2, 0.25) is 0 Å². The number of aliphatic hydroxyl groups is 1. The fourth-order valence-electron chi connectivity index (χ4n) is 5.07. The van der Waals surface area contributed by atoms with E-state index in [1.54, 1.807) is 7.05 Å². The Labute approximate surface area is 189 Å². The lowest BCUT2D eigenvalue weighted by Crippen LogP contribution is -2.67. The van der Waals surface area contributed by atoms with E-state index in [0.717, 1.165) is 30.9 Å². The molecule has 3 aliphatic carbocycles. The first-order valence-corrected chi connectivity index (χ1v) is 16.6. The van der Waals surface area contributed by atoms with Crippen molar-refractivity contribution >= 4 is 17.8 Å². The summed E-state index contributed by atoms with van der Waals surface area (Å²) in [5.74, 6) is 0.0215. The summed E-state index contributed by atoms with van der Waals surface area (Å²) in [5, 5.41) is 12.1. The zero-order chi connectivity index (χ0) is 22.9. The Morgan fingerprint density at radius 2 is 1.97 bits per heavy atom. The van der Waals surface area contributed by atoms with E-state index in [0.29, 0.717) is 11.5 Å². The molecule has 0 unspecified atom stereocenters. The van der Waals surface area contributed by atoms with Gasteiger partial charge in [-0.2, -0.15) is 0 Å². The van der Waals surface area contributed by atoms with E-state index >= 15 is 0 Å². The molecule has 5 nitrogen and oxygen atoms in total. The summed E-state index contributed by atoms with van der Waals surface area (Å²) in [6, 6.07) is 10.3. The monoisotopic (exact) mass is 465 g/mol. The van der Waals surface area contributed by atoms with Crippen LogP contribution in [0.25, 0.3) is 0 Å². The van der Waals surface area contributed by atoms with Crippen LogP contribution in [0.15, 0.2) is 51.7 Å². The molecule has 0 aliphatic heterocycles. The second kappa shape index (κ2) is 9.10. The molecule has 174 valence electrons. The number of hydrogen-bond donors (Lipinski definition) is 1. The van der Waals surface area contributed by atoms with Crippen molar-refractivity contribution in [3.63, 3.8) is 0 Å². The van der Waals surface area contributed by atoms with Gasteiger partial charge in [0.25, 0.3) is 0 Å². The molecule has 0 spiro atoms. The minimum absolute atomic E-state index is 0.0416. The first-order chi connectivity index (χ1) is 14.4. The molecule has 0 radical (unpaired) electrons. The van der Waals surface area contributed by atoms with Gasteiger partial charge in [0.1, 0.15) is 12.4 Å². The fraction of sp³-hybridized carbons (Fsp3) is 0.667. The van der Waals surface area contributed by atoms with Gasteiger partial charge in [0.05, 0.1) is 21.6 Å². The predicted molar refractivity (Wildman–Crippen MR) is 129 cm³/mol. The zero-order valence-electron chi connectivity index (χ0n) is 19.7. The van der Waals surface area contributed by atoms with Crippen LogP contribution in [0.5, 0.6) is 0 Å². The third kappa shape index (κ3) is 5.01. The van der Waals surface area contributed by atoms with Crippen molar-refractivity contribution in [3.8, 4) is 0 Å². The van der Waals surface area contributed by atoms with Gasteiger partial charge in [-0.25, -0.2) is 8.57 Å². The molecule has 0 heterocycles. The van der Waals surface area contributed by atoms with E-state index in [9.17, 15) is 9.32 Å². The molecule has 4 rings (SSSR count). The Hall–Kier alpha value is -0.993. The van der Waals surface area contributed by atoms with E-state index in [4.69, 9.17) is 9.47 Å². The quantitative estimate of drug-likeness (QED) is 0.242. The van der Waals surface area contributed by atoms with E-state index in [1.165, 1.54) is 0 Å². The second-order valence-corrected chi connectivity index (χ2v) is 18.6. The predicted octanol–water partition coefficient (Wildman–Crippen LogP) is 4.95. The van der Waals surface area contributed by atoms with Crippen molar-refractivity contribution in [1.82, 2.24) is 0 Å². The first kappa shape index (κ1) is 24.6. The Kier molecular flexibility index (Phi) is 7.23. The minimum atomic E-state index is -2.79. The largest absolute Gasteiger partial charge is 0.386 e. The smallest absolute Gasteiger partial charge is 0.147 e. The van der Waals surface area contributed by atoms with Gasteiger partial charge in [0.15, 0.2) is 0 Å². The summed E-state index contributed by atoms with van der Waals surface area (Å²) >= 11 is 0. The summed E-state index contributed by atoms with van der Waals surface area (Å²) in [5.41, 5.74) is -0.501. The molecule has 0 amide bonds. The van der Waals surface area contributed by atoms with Crippen LogP contribution < -0.4 is 0 Å². The van der Waals surface area contributed by atoms with Crippen LogP contribution in [0.4, 0.5) is 0 Å². The molecule has 7 heteroatoms. The molecule has 0 saturated heterocycles. The number of rotatable bonds is 9. The lowest BCUT2D eigenvalue weighted by atomic mass is 9.52. The number of fused-ring (bicyclic) bond motifs is 3. The highest BCUT2D eigenvalue weighted by Gasteiger charge is 2.62. The van der Waals surface area contributed by atoms with Crippen molar-refractivity contribution in [1.29, 1.82) is 0 Å². The Morgan fingerprint density at radius 3 is 2.55 bits per heavy atom. The molecule has 2 bridgehead atoms. The highest BCUT2D eigenvalue weighted by atomic mass is 32.2. The summed E-state index contributed by atoms with van der Waals surface area (Å²) in [4.78, 5) is 0.654. The fourth-order valence-corrected chi connectivity index (χ4v) is 7.93. The van der Waals surface area contributed by atoms with E-state index in [2.05, 4.69) is 37.5 Å². The van der Waals surface area contributed by atoms with Crippen LogP contribution in [0, 0.1) is 11.3 Å². The van der Waals surface area contributed by atoms with E-state index in [-0.39, 0.29) is 23.9 Å². The molecule has 0 aromatic heterocycles. The van der Waals surface area contributed by atoms with Crippen molar-refractivity contribution in [2.75, 3.05) is 26.2 Å². The third-order valence-electron chi connectivity index (χ3n) is 7.20. The summed E-state index contributed by atoms with van der Waals surface area (Å²) in [6.07, 6.45) is 2.00. The standard InChI is InChI=1S/C24H39NO4SSi/c1-19-16-20-12-13-23(19,2)22(29-18-28-14-15-31(4,5)6)24(20,26)17-30(27,25-3)21-10-8-7-9-11-21/h7-11,20,22,26H,1,12-18H2,2-6H3/t20-,22+,23+,24-,30+/m1/s1. The van der Waals surface area contributed by atoms with Crippen molar-refractivity contribution in [3.05, 3.63) is 42.5 Å². The van der Waals surface area contributed by atoms with Gasteiger partial charge < -0.3 is 14.6 Å². The van der Waals surface area contributed by atoms with Crippen molar-refractivity contribution in [2.24, 2.45) is 15.7 Å². The maximum atomic E-state index is 13.9. The van der Waals surface area contributed by atoms with Crippen LogP contribution in [-0.2, 0) is 19.2 Å². The second-order valence-electron chi connectivity index (χ2n) is 10.6. The molecule has 3 aliphatic rings. The highest BCUT2D eigenvalue weighted by Crippen LogP contribution is 2.58. The van der Waals surface area contributed by atoms with Crippen LogP contribution >= 0.6 is 0 Å². The number of ether oxygens (including phenoxy) is 2. The van der Waals surface area contributed by atoms with Crippen LogP contribution in [-0.4, -0.2) is 55.3 Å². The molecule has 5 atom stereocenters. The van der Waals surface area contributed by atoms with Gasteiger partial charge >= 0.3 is 0 Å². The van der Waals surface area contributed by atoms with Gasteiger partial charge in [-0.05, 0) is 43.4 Å². The first-order valence-electron chi connectivity index (χ1n) is 11.2. The molecule has 1 N–H and O–H groups in total. The molecule has 3 fully saturated rings. The van der Waals surface area contributed by atoms with E-state index < -0.39 is 29.5 Å². The Morgan fingerprint density at radius 1 is 1.29 bits per heavy atom. The Balaban J connectivity index is 1.85.